The van der Waals surface area contributed by atoms with Crippen LogP contribution in [0.4, 0.5) is 0 Å². The van der Waals surface area contributed by atoms with Gasteiger partial charge in [0.25, 0.3) is 0 Å². The van der Waals surface area contributed by atoms with Crippen LogP contribution in [0.15, 0.2) is 23.2 Å². The summed E-state index contributed by atoms with van der Waals surface area (Å²) in [5.74, 6) is 1.82. The van der Waals surface area contributed by atoms with Crippen molar-refractivity contribution in [3.63, 3.8) is 0 Å². The van der Waals surface area contributed by atoms with Gasteiger partial charge in [-0.1, -0.05) is 29.3 Å². The van der Waals surface area contributed by atoms with E-state index in [0.717, 1.165) is 23.8 Å². The van der Waals surface area contributed by atoms with Crippen LogP contribution in [-0.4, -0.2) is 31.6 Å². The van der Waals surface area contributed by atoms with Gasteiger partial charge in [-0.2, -0.15) is 11.8 Å². The van der Waals surface area contributed by atoms with Crippen LogP contribution in [0.3, 0.4) is 0 Å². The van der Waals surface area contributed by atoms with E-state index in [1.54, 1.807) is 24.9 Å². The van der Waals surface area contributed by atoms with E-state index in [0.29, 0.717) is 16.6 Å². The minimum atomic E-state index is 0.620. The highest BCUT2D eigenvalue weighted by atomic mass is 35.5. The molecule has 1 aromatic carbocycles. The van der Waals surface area contributed by atoms with Crippen molar-refractivity contribution < 1.29 is 0 Å². The highest BCUT2D eigenvalue weighted by molar-refractivity contribution is 7.98. The molecular formula is C12H17Cl2N3S. The Kier molecular flexibility index (Phi) is 7.32. The molecule has 100 valence electrons. The minimum absolute atomic E-state index is 0.620. The molecule has 0 spiro atoms. The normalized spacial score (nSPS) is 11.4. The first-order chi connectivity index (χ1) is 8.67. The van der Waals surface area contributed by atoms with E-state index in [1.165, 1.54) is 0 Å². The van der Waals surface area contributed by atoms with Gasteiger partial charge >= 0.3 is 0 Å². The van der Waals surface area contributed by atoms with E-state index in [2.05, 4.69) is 21.9 Å². The second-order valence-electron chi connectivity index (χ2n) is 3.58. The summed E-state index contributed by atoms with van der Waals surface area (Å²) in [6, 6.07) is 5.48. The fourth-order valence-electron chi connectivity index (χ4n) is 1.34. The number of benzene rings is 1. The van der Waals surface area contributed by atoms with Crippen molar-refractivity contribution in [3.05, 3.63) is 33.8 Å². The van der Waals surface area contributed by atoms with Crippen LogP contribution in [-0.2, 0) is 6.54 Å². The van der Waals surface area contributed by atoms with Gasteiger partial charge < -0.3 is 10.6 Å². The molecule has 0 heterocycles. The highest BCUT2D eigenvalue weighted by Gasteiger charge is 2.02. The molecule has 3 nitrogen and oxygen atoms in total. The Labute approximate surface area is 122 Å². The maximum absolute atomic E-state index is 6.09. The SMILES string of the molecule is CN=C(NCCSC)NCc1ccc(Cl)cc1Cl. The molecule has 0 aromatic heterocycles. The number of aliphatic imine (C=N–C) groups is 1. The molecule has 1 rings (SSSR count). The predicted octanol–water partition coefficient (Wildman–Crippen LogP) is 3.02. The van der Waals surface area contributed by atoms with Gasteiger partial charge in [0.2, 0.25) is 0 Å². The molecule has 0 aliphatic rings. The summed E-state index contributed by atoms with van der Waals surface area (Å²) >= 11 is 13.7. The summed E-state index contributed by atoms with van der Waals surface area (Å²) in [6.07, 6.45) is 2.07. The van der Waals surface area contributed by atoms with Gasteiger partial charge in [-0.15, -0.1) is 0 Å². The van der Waals surface area contributed by atoms with Gasteiger partial charge in [0.05, 0.1) is 0 Å². The number of hydrogen-bond donors (Lipinski definition) is 2. The summed E-state index contributed by atoms with van der Waals surface area (Å²) in [5.41, 5.74) is 0.994. The number of nitrogens with zero attached hydrogens (tertiary/aromatic N) is 1. The molecule has 0 aliphatic carbocycles. The number of hydrogen-bond acceptors (Lipinski definition) is 2. The quantitative estimate of drug-likeness (QED) is 0.499. The molecular weight excluding hydrogens is 289 g/mol. The van der Waals surface area contributed by atoms with Crippen molar-refractivity contribution in [2.24, 2.45) is 4.99 Å². The summed E-state index contributed by atoms with van der Waals surface area (Å²) in [4.78, 5) is 4.14. The molecule has 0 radical (unpaired) electrons. The average Bonchev–Trinajstić information content (AvgIpc) is 2.35. The first-order valence-electron chi connectivity index (χ1n) is 5.54. The average molecular weight is 306 g/mol. The number of halogens is 2. The standard InChI is InChI=1S/C12H17Cl2N3S/c1-15-12(16-5-6-18-2)17-8-9-3-4-10(13)7-11(9)14/h3-4,7H,5-6,8H2,1-2H3,(H2,15,16,17). The van der Waals surface area contributed by atoms with E-state index < -0.39 is 0 Å². The lowest BCUT2D eigenvalue weighted by atomic mass is 10.2. The van der Waals surface area contributed by atoms with Crippen LogP contribution in [0, 0.1) is 0 Å². The van der Waals surface area contributed by atoms with Crippen LogP contribution < -0.4 is 10.6 Å². The smallest absolute Gasteiger partial charge is 0.191 e. The van der Waals surface area contributed by atoms with Gasteiger partial charge in [-0.05, 0) is 24.0 Å². The largest absolute Gasteiger partial charge is 0.356 e. The Bertz CT molecular complexity index is 410. The number of nitrogens with one attached hydrogen (secondary N) is 2. The molecule has 0 aliphatic heterocycles. The second-order valence-corrected chi connectivity index (χ2v) is 5.41. The summed E-state index contributed by atoms with van der Waals surface area (Å²) in [5, 5.41) is 7.73. The Hall–Kier alpha value is -0.580. The van der Waals surface area contributed by atoms with Crippen LogP contribution in [0.25, 0.3) is 0 Å². The number of rotatable bonds is 5. The van der Waals surface area contributed by atoms with Gasteiger partial charge in [-0.3, -0.25) is 4.99 Å². The van der Waals surface area contributed by atoms with E-state index in [4.69, 9.17) is 23.2 Å². The summed E-state index contributed by atoms with van der Waals surface area (Å²) < 4.78 is 0. The molecule has 0 saturated heterocycles. The maximum Gasteiger partial charge on any atom is 0.191 e. The Morgan fingerprint density at radius 1 is 1.33 bits per heavy atom. The lowest BCUT2D eigenvalue weighted by molar-refractivity contribution is 0.833. The first kappa shape index (κ1) is 15.5. The predicted molar refractivity (Wildman–Crippen MR) is 83.0 cm³/mol. The molecule has 0 atom stereocenters. The van der Waals surface area contributed by atoms with Crippen molar-refractivity contribution >= 4 is 40.9 Å². The lowest BCUT2D eigenvalue weighted by Gasteiger charge is -2.12. The molecule has 6 heteroatoms. The minimum Gasteiger partial charge on any atom is -0.356 e. The third-order valence-electron chi connectivity index (χ3n) is 2.28. The van der Waals surface area contributed by atoms with Crippen LogP contribution in [0.1, 0.15) is 5.56 Å². The zero-order valence-corrected chi connectivity index (χ0v) is 12.8. The molecule has 0 saturated carbocycles. The monoisotopic (exact) mass is 305 g/mol. The zero-order valence-electron chi connectivity index (χ0n) is 10.5. The highest BCUT2D eigenvalue weighted by Crippen LogP contribution is 2.20. The van der Waals surface area contributed by atoms with Gasteiger partial charge in [0.1, 0.15) is 0 Å². The van der Waals surface area contributed by atoms with Gasteiger partial charge in [-0.25, -0.2) is 0 Å². The van der Waals surface area contributed by atoms with E-state index in [1.807, 2.05) is 12.1 Å². The lowest BCUT2D eigenvalue weighted by Crippen LogP contribution is -2.37. The van der Waals surface area contributed by atoms with E-state index in [9.17, 15) is 0 Å². The molecule has 0 bridgehead atoms. The molecule has 0 unspecified atom stereocenters. The third kappa shape index (κ3) is 5.38. The molecule has 18 heavy (non-hydrogen) atoms. The number of guanidine groups is 1. The topological polar surface area (TPSA) is 36.4 Å². The Morgan fingerprint density at radius 3 is 2.72 bits per heavy atom. The van der Waals surface area contributed by atoms with Crippen LogP contribution >= 0.6 is 35.0 Å². The zero-order chi connectivity index (χ0) is 13.4. The number of thioether (sulfide) groups is 1. The van der Waals surface area contributed by atoms with Crippen molar-refractivity contribution in [2.75, 3.05) is 25.6 Å². The Morgan fingerprint density at radius 2 is 2.11 bits per heavy atom. The summed E-state index contributed by atoms with van der Waals surface area (Å²) in [7, 11) is 1.75. The molecule has 0 fully saturated rings. The van der Waals surface area contributed by atoms with Crippen LogP contribution in [0.2, 0.25) is 10.0 Å². The van der Waals surface area contributed by atoms with Gasteiger partial charge in [0.15, 0.2) is 5.96 Å². The van der Waals surface area contributed by atoms with Gasteiger partial charge in [0, 0.05) is 35.9 Å². The Balaban J connectivity index is 2.47. The van der Waals surface area contributed by atoms with Crippen molar-refractivity contribution in [1.29, 1.82) is 0 Å². The third-order valence-corrected chi connectivity index (χ3v) is 3.48. The van der Waals surface area contributed by atoms with E-state index in [-0.39, 0.29) is 0 Å². The first-order valence-corrected chi connectivity index (χ1v) is 7.69. The summed E-state index contributed by atoms with van der Waals surface area (Å²) in [6.45, 7) is 1.50. The van der Waals surface area contributed by atoms with Crippen LogP contribution in [0.5, 0.6) is 0 Å². The molecule has 1 aromatic rings. The van der Waals surface area contributed by atoms with Crippen molar-refractivity contribution in [3.8, 4) is 0 Å². The fourth-order valence-corrected chi connectivity index (χ4v) is 2.12. The van der Waals surface area contributed by atoms with Crippen molar-refractivity contribution in [2.45, 2.75) is 6.54 Å². The molecule has 0 amide bonds. The second kappa shape index (κ2) is 8.51. The maximum atomic E-state index is 6.09. The fraction of sp³-hybridized carbons (Fsp3) is 0.417. The molecule has 2 N–H and O–H groups in total. The van der Waals surface area contributed by atoms with Crippen molar-refractivity contribution in [1.82, 2.24) is 10.6 Å². The van der Waals surface area contributed by atoms with E-state index >= 15 is 0 Å².